The number of carboxylic acids is 1. The fourth-order valence-corrected chi connectivity index (χ4v) is 5.48. The molecular formula is C32H28F9N5O5. The summed E-state index contributed by atoms with van der Waals surface area (Å²) in [5.41, 5.74) is -3.36. The summed E-state index contributed by atoms with van der Waals surface area (Å²) >= 11 is 0. The number of carbonyl (C=O) groups excluding carboxylic acids is 1. The van der Waals surface area contributed by atoms with E-state index in [9.17, 15) is 54.4 Å². The number of halogens is 9. The molecule has 19 heteroatoms. The number of hydrogen-bond donors (Lipinski definition) is 1. The molecule has 274 valence electrons. The minimum absolute atomic E-state index is 0.0471. The van der Waals surface area contributed by atoms with Crippen LogP contribution in [0.3, 0.4) is 0 Å². The van der Waals surface area contributed by atoms with E-state index in [1.54, 1.807) is 13.0 Å². The number of rotatable bonds is 11. The molecule has 1 aliphatic rings. The van der Waals surface area contributed by atoms with Crippen molar-refractivity contribution < 1.29 is 63.7 Å². The van der Waals surface area contributed by atoms with Crippen molar-refractivity contribution in [3.05, 3.63) is 76.6 Å². The second kappa shape index (κ2) is 15.3. The van der Waals surface area contributed by atoms with Gasteiger partial charge in [0.1, 0.15) is 0 Å². The van der Waals surface area contributed by atoms with Crippen molar-refractivity contribution in [2.24, 2.45) is 0 Å². The number of anilines is 2. The molecule has 0 aliphatic carbocycles. The molecule has 3 aromatic rings. The molecule has 0 spiro atoms. The molecule has 0 saturated heterocycles. The van der Waals surface area contributed by atoms with E-state index in [2.05, 4.69) is 14.7 Å². The summed E-state index contributed by atoms with van der Waals surface area (Å²) in [6.07, 6.45) is -14.2. The quantitative estimate of drug-likeness (QED) is 0.154. The molecule has 2 heterocycles. The third-order valence-corrected chi connectivity index (χ3v) is 7.71. The molecule has 2 atom stereocenters. The van der Waals surface area contributed by atoms with E-state index in [-0.39, 0.29) is 66.4 Å². The van der Waals surface area contributed by atoms with E-state index in [0.29, 0.717) is 18.2 Å². The lowest BCUT2D eigenvalue weighted by Gasteiger charge is -2.44. The maximum atomic E-state index is 14.0. The first kappa shape index (κ1) is 38.5. The summed E-state index contributed by atoms with van der Waals surface area (Å²) in [5, 5.41) is 18.3. The Morgan fingerprint density at radius 1 is 1.00 bits per heavy atom. The third kappa shape index (κ3) is 9.92. The van der Waals surface area contributed by atoms with Crippen LogP contribution in [0.5, 0.6) is 5.75 Å². The van der Waals surface area contributed by atoms with Gasteiger partial charge in [0, 0.05) is 19.0 Å². The molecule has 10 nitrogen and oxygen atoms in total. The van der Waals surface area contributed by atoms with Crippen LogP contribution in [0.15, 0.2) is 48.8 Å². The number of carboxylic acid groups (broad SMARTS) is 1. The predicted molar refractivity (Wildman–Crippen MR) is 160 cm³/mol. The average molecular weight is 734 g/mol. The van der Waals surface area contributed by atoms with Crippen molar-refractivity contribution in [3.8, 4) is 11.8 Å². The van der Waals surface area contributed by atoms with Crippen LogP contribution in [0.2, 0.25) is 0 Å². The molecule has 0 radical (unpaired) electrons. The summed E-state index contributed by atoms with van der Waals surface area (Å²) < 4.78 is 132. The smallest absolute Gasteiger partial charge is 0.422 e. The number of alkyl halides is 9. The maximum Gasteiger partial charge on any atom is 0.422 e. The van der Waals surface area contributed by atoms with E-state index in [1.807, 2.05) is 0 Å². The number of carbonyl (C=O) groups is 2. The molecule has 0 fully saturated rings. The lowest BCUT2D eigenvalue weighted by atomic mass is 9.87. The largest absolute Gasteiger partial charge is 0.490 e. The lowest BCUT2D eigenvalue weighted by Crippen LogP contribution is -2.48. The second-order valence-corrected chi connectivity index (χ2v) is 11.3. The van der Waals surface area contributed by atoms with Gasteiger partial charge in [-0.3, -0.25) is 9.69 Å². The van der Waals surface area contributed by atoms with E-state index < -0.39 is 67.0 Å². The Balaban J connectivity index is 1.86. The van der Waals surface area contributed by atoms with Crippen LogP contribution >= 0.6 is 0 Å². The second-order valence-electron chi connectivity index (χ2n) is 11.3. The Labute approximate surface area is 284 Å². The van der Waals surface area contributed by atoms with E-state index in [0.717, 1.165) is 35.5 Å². The van der Waals surface area contributed by atoms with Crippen LogP contribution in [0.1, 0.15) is 66.5 Å². The topological polar surface area (TPSA) is 129 Å². The lowest BCUT2D eigenvalue weighted by molar-refractivity contribution is -0.160. The van der Waals surface area contributed by atoms with Crippen molar-refractivity contribution in [2.75, 3.05) is 23.0 Å². The van der Waals surface area contributed by atoms with Crippen molar-refractivity contribution in [1.29, 1.82) is 5.26 Å². The SMILES string of the molecule is CC[C@@H]1C[C@H](N(Cc2cc(C#N)cc(C(F)(F)F)c2)c2ncc(OCCCC(=O)O)cn2)c2cc(C(F)(F)F)ccc2N1C(=O)OCC(F)(F)F. The maximum absolute atomic E-state index is 14.0. The normalized spacial score (nSPS) is 16.2. The number of aromatic nitrogens is 2. The van der Waals surface area contributed by atoms with E-state index in [1.165, 1.54) is 4.90 Å². The molecule has 0 saturated carbocycles. The van der Waals surface area contributed by atoms with Crippen LogP contribution in [0, 0.1) is 11.3 Å². The molecule has 4 rings (SSSR count). The Morgan fingerprint density at radius 3 is 2.24 bits per heavy atom. The van der Waals surface area contributed by atoms with Gasteiger partial charge < -0.3 is 19.5 Å². The monoisotopic (exact) mass is 733 g/mol. The van der Waals surface area contributed by atoms with Gasteiger partial charge in [-0.05, 0) is 66.8 Å². The molecule has 1 aliphatic heterocycles. The zero-order valence-electron chi connectivity index (χ0n) is 26.4. The van der Waals surface area contributed by atoms with E-state index in [4.69, 9.17) is 9.84 Å². The van der Waals surface area contributed by atoms with Gasteiger partial charge in [0.15, 0.2) is 12.4 Å². The van der Waals surface area contributed by atoms with Crippen molar-refractivity contribution in [1.82, 2.24) is 9.97 Å². The fraction of sp³-hybridized carbons (Fsp3) is 0.406. The number of ether oxygens (including phenoxy) is 2. The van der Waals surface area contributed by atoms with Crippen molar-refractivity contribution in [3.63, 3.8) is 0 Å². The first-order valence-corrected chi connectivity index (χ1v) is 15.1. The highest BCUT2D eigenvalue weighted by Crippen LogP contribution is 2.46. The van der Waals surface area contributed by atoms with Crippen LogP contribution in [0.4, 0.5) is 55.9 Å². The van der Waals surface area contributed by atoms with Crippen LogP contribution in [0.25, 0.3) is 0 Å². The first-order valence-electron chi connectivity index (χ1n) is 15.1. The summed E-state index contributed by atoms with van der Waals surface area (Å²) in [6.45, 7) is -0.981. The number of amides is 1. The van der Waals surface area contributed by atoms with Gasteiger partial charge in [0.2, 0.25) is 5.95 Å². The molecule has 2 aromatic carbocycles. The highest BCUT2D eigenvalue weighted by atomic mass is 19.4. The molecule has 0 unspecified atom stereocenters. The average Bonchev–Trinajstić information content (AvgIpc) is 3.06. The highest BCUT2D eigenvalue weighted by Gasteiger charge is 2.43. The Bertz CT molecular complexity index is 1760. The summed E-state index contributed by atoms with van der Waals surface area (Å²) in [5.74, 6) is -1.24. The Kier molecular flexibility index (Phi) is 11.6. The first-order chi connectivity index (χ1) is 23.8. The van der Waals surface area contributed by atoms with Gasteiger partial charge in [-0.1, -0.05) is 6.92 Å². The summed E-state index contributed by atoms with van der Waals surface area (Å²) in [6, 6.07) is 4.10. The van der Waals surface area contributed by atoms with Crippen molar-refractivity contribution in [2.45, 2.75) is 69.8 Å². The van der Waals surface area contributed by atoms with Gasteiger partial charge in [-0.15, -0.1) is 0 Å². The Hall–Kier alpha value is -5.28. The van der Waals surface area contributed by atoms with E-state index >= 15 is 0 Å². The molecule has 1 aromatic heterocycles. The number of aliphatic carboxylic acids is 1. The van der Waals surface area contributed by atoms with Crippen molar-refractivity contribution >= 4 is 23.7 Å². The van der Waals surface area contributed by atoms with Gasteiger partial charge in [-0.2, -0.15) is 44.8 Å². The van der Waals surface area contributed by atoms with Crippen LogP contribution in [-0.2, 0) is 28.4 Å². The number of nitriles is 1. The van der Waals surface area contributed by atoms with Crippen LogP contribution < -0.4 is 14.5 Å². The minimum atomic E-state index is -4.92. The third-order valence-electron chi connectivity index (χ3n) is 7.71. The molecule has 1 amide bonds. The zero-order chi connectivity index (χ0) is 37.7. The van der Waals surface area contributed by atoms with Gasteiger partial charge in [0.25, 0.3) is 0 Å². The van der Waals surface area contributed by atoms with Gasteiger partial charge >= 0.3 is 30.6 Å². The van der Waals surface area contributed by atoms with Gasteiger partial charge in [-0.25, -0.2) is 14.8 Å². The Morgan fingerprint density at radius 2 is 1.67 bits per heavy atom. The fourth-order valence-electron chi connectivity index (χ4n) is 5.48. The number of nitrogens with zero attached hydrogens (tertiary/aromatic N) is 5. The number of hydrogen-bond acceptors (Lipinski definition) is 8. The molecule has 0 bridgehead atoms. The minimum Gasteiger partial charge on any atom is -0.490 e. The molecule has 51 heavy (non-hydrogen) atoms. The highest BCUT2D eigenvalue weighted by molar-refractivity contribution is 5.90. The number of fused-ring (bicyclic) bond motifs is 1. The summed E-state index contributed by atoms with van der Waals surface area (Å²) in [7, 11) is 0. The summed E-state index contributed by atoms with van der Waals surface area (Å²) in [4.78, 5) is 34.3. The zero-order valence-corrected chi connectivity index (χ0v) is 26.4. The standard InChI is InChI=1S/C32H28F9N5O5/c1-2-22-12-26(24-11-20(31(36,37)38)5-6-25(24)46(22)29(49)51-17-30(33,34)35)45(16-19-8-18(13-42)9-21(10-19)32(39,40)41)28-43-14-23(15-44-28)50-7-3-4-27(47)48/h5-6,8-11,14-15,22,26H,2-4,7,12,16-17H2,1H3,(H,47,48)/t22-,26+/m1/s1. The molecule has 1 N–H and O–H groups in total. The van der Waals surface area contributed by atoms with Gasteiger partial charge in [0.05, 0.1) is 53.5 Å². The predicted octanol–water partition coefficient (Wildman–Crippen LogP) is 8.06. The molecular weight excluding hydrogens is 705 g/mol. The van der Waals surface area contributed by atoms with Crippen LogP contribution in [-0.4, -0.2) is 52.6 Å². The number of benzene rings is 2.